The summed E-state index contributed by atoms with van der Waals surface area (Å²) in [7, 11) is 3.02. The van der Waals surface area contributed by atoms with Gasteiger partial charge in [0.2, 0.25) is 0 Å². The first-order valence-corrected chi connectivity index (χ1v) is 6.67. The summed E-state index contributed by atoms with van der Waals surface area (Å²) in [6.07, 6.45) is 1.28. The van der Waals surface area contributed by atoms with Gasteiger partial charge < -0.3 is 14.6 Å². The summed E-state index contributed by atoms with van der Waals surface area (Å²) in [4.78, 5) is 22.5. The van der Waals surface area contributed by atoms with E-state index in [0.717, 1.165) is 5.56 Å². The van der Waals surface area contributed by atoms with E-state index >= 15 is 0 Å². The lowest BCUT2D eigenvalue weighted by Crippen LogP contribution is -2.16. The van der Waals surface area contributed by atoms with E-state index < -0.39 is 10.8 Å². The molecule has 1 heterocycles. The van der Waals surface area contributed by atoms with Crippen LogP contribution in [-0.4, -0.2) is 22.5 Å². The Labute approximate surface area is 131 Å². The number of carbonyl (C=O) groups is 1. The summed E-state index contributed by atoms with van der Waals surface area (Å²) in [5, 5.41) is 13.9. The van der Waals surface area contributed by atoms with Crippen LogP contribution in [-0.2, 0) is 7.05 Å². The third-order valence-corrected chi connectivity index (χ3v) is 3.57. The van der Waals surface area contributed by atoms with Crippen LogP contribution in [0.3, 0.4) is 0 Å². The monoisotopic (exact) mass is 323 g/mol. The van der Waals surface area contributed by atoms with Crippen molar-refractivity contribution in [2.75, 3.05) is 12.4 Å². The zero-order valence-electron chi connectivity index (χ0n) is 12.2. The number of halogens is 1. The van der Waals surface area contributed by atoms with Crippen LogP contribution in [0.25, 0.3) is 0 Å². The summed E-state index contributed by atoms with van der Waals surface area (Å²) in [5.74, 6) is -0.0664. The van der Waals surface area contributed by atoms with Crippen molar-refractivity contribution in [2.24, 2.45) is 7.05 Å². The van der Waals surface area contributed by atoms with Crippen molar-refractivity contribution in [3.8, 4) is 5.75 Å². The van der Waals surface area contributed by atoms with Gasteiger partial charge in [-0.25, -0.2) is 0 Å². The molecule has 1 N–H and O–H groups in total. The summed E-state index contributed by atoms with van der Waals surface area (Å²) >= 11 is 6.01. The number of rotatable bonds is 4. The Balaban J connectivity index is 2.33. The van der Waals surface area contributed by atoms with Gasteiger partial charge in [-0.3, -0.25) is 14.9 Å². The summed E-state index contributed by atoms with van der Waals surface area (Å²) in [5.41, 5.74) is 1.24. The first-order chi connectivity index (χ1) is 10.3. The lowest BCUT2D eigenvalue weighted by Gasteiger charge is -2.12. The predicted octanol–water partition coefficient (Wildman–Crippen LogP) is 3.16. The van der Waals surface area contributed by atoms with E-state index in [1.165, 1.54) is 23.9 Å². The standard InChI is InChI=1S/C14H14ClN3O4/c1-8-4-11(13(22-3)6-10(8)15)16-14(19)12-5-9(18(20)21)7-17(12)2/h4-7H,1-3H3,(H,16,19). The quantitative estimate of drug-likeness (QED) is 0.691. The van der Waals surface area contributed by atoms with Crippen LogP contribution in [0.15, 0.2) is 24.4 Å². The first kappa shape index (κ1) is 15.8. The van der Waals surface area contributed by atoms with Crippen molar-refractivity contribution in [3.05, 3.63) is 50.8 Å². The average molecular weight is 324 g/mol. The molecule has 0 bridgehead atoms. The van der Waals surface area contributed by atoms with Gasteiger partial charge in [-0.15, -0.1) is 0 Å². The van der Waals surface area contributed by atoms with Crippen molar-refractivity contribution in [3.63, 3.8) is 0 Å². The molecule has 116 valence electrons. The zero-order chi connectivity index (χ0) is 16.4. The smallest absolute Gasteiger partial charge is 0.287 e. The van der Waals surface area contributed by atoms with Crippen LogP contribution < -0.4 is 10.1 Å². The maximum Gasteiger partial charge on any atom is 0.287 e. The largest absolute Gasteiger partial charge is 0.495 e. The van der Waals surface area contributed by atoms with Crippen molar-refractivity contribution in [1.29, 1.82) is 0 Å². The van der Waals surface area contributed by atoms with Gasteiger partial charge in [0.25, 0.3) is 11.6 Å². The molecule has 2 aromatic rings. The summed E-state index contributed by atoms with van der Waals surface area (Å²) in [6, 6.07) is 4.49. The maximum absolute atomic E-state index is 12.3. The highest BCUT2D eigenvalue weighted by Gasteiger charge is 2.19. The fourth-order valence-electron chi connectivity index (χ4n) is 1.99. The predicted molar refractivity (Wildman–Crippen MR) is 82.8 cm³/mol. The molecule has 1 amide bonds. The van der Waals surface area contributed by atoms with Gasteiger partial charge >= 0.3 is 0 Å². The molecule has 7 nitrogen and oxygen atoms in total. The van der Waals surface area contributed by atoms with Crippen LogP contribution >= 0.6 is 11.6 Å². The van der Waals surface area contributed by atoms with Gasteiger partial charge in [0.15, 0.2) is 0 Å². The van der Waals surface area contributed by atoms with Crippen molar-refractivity contribution in [2.45, 2.75) is 6.92 Å². The Morgan fingerprint density at radius 1 is 1.41 bits per heavy atom. The van der Waals surface area contributed by atoms with Gasteiger partial charge in [0.1, 0.15) is 11.4 Å². The topological polar surface area (TPSA) is 86.4 Å². The number of methoxy groups -OCH3 is 1. The van der Waals surface area contributed by atoms with Gasteiger partial charge in [-0.1, -0.05) is 11.6 Å². The molecule has 0 aliphatic heterocycles. The number of nitrogens with one attached hydrogen (secondary N) is 1. The van der Waals surface area contributed by atoms with Gasteiger partial charge in [-0.05, 0) is 18.6 Å². The molecule has 2 rings (SSSR count). The molecule has 0 atom stereocenters. The second kappa shape index (κ2) is 6.07. The van der Waals surface area contributed by atoms with E-state index in [-0.39, 0.29) is 11.4 Å². The molecule has 22 heavy (non-hydrogen) atoms. The Hall–Kier alpha value is -2.54. The van der Waals surface area contributed by atoms with Gasteiger partial charge in [-0.2, -0.15) is 0 Å². The van der Waals surface area contributed by atoms with E-state index in [0.29, 0.717) is 16.5 Å². The number of amides is 1. The first-order valence-electron chi connectivity index (χ1n) is 6.29. The molecule has 0 unspecified atom stereocenters. The van der Waals surface area contributed by atoms with Crippen molar-refractivity contribution < 1.29 is 14.5 Å². The summed E-state index contributed by atoms with van der Waals surface area (Å²) in [6.45, 7) is 1.80. The molecular weight excluding hydrogens is 310 g/mol. The fourth-order valence-corrected chi connectivity index (χ4v) is 2.14. The molecule has 0 aliphatic rings. The molecule has 8 heteroatoms. The minimum atomic E-state index is -0.552. The minimum Gasteiger partial charge on any atom is -0.495 e. The van der Waals surface area contributed by atoms with Gasteiger partial charge in [0, 0.05) is 24.2 Å². The Kier molecular flexibility index (Phi) is 4.37. The number of benzene rings is 1. The number of nitro groups is 1. The molecule has 0 saturated carbocycles. The molecule has 0 fully saturated rings. The molecule has 0 radical (unpaired) electrons. The highest BCUT2D eigenvalue weighted by Crippen LogP contribution is 2.31. The Morgan fingerprint density at radius 3 is 2.64 bits per heavy atom. The van der Waals surface area contributed by atoms with Gasteiger partial charge in [0.05, 0.1) is 23.9 Å². The highest BCUT2D eigenvalue weighted by molar-refractivity contribution is 6.31. The molecule has 1 aromatic heterocycles. The number of aromatic nitrogens is 1. The SMILES string of the molecule is COc1cc(Cl)c(C)cc1NC(=O)c1cc([N+](=O)[O-])cn1C. The van der Waals surface area contributed by atoms with E-state index in [2.05, 4.69) is 5.32 Å². The van der Waals surface area contributed by atoms with E-state index in [4.69, 9.17) is 16.3 Å². The number of hydrogen-bond acceptors (Lipinski definition) is 4. The lowest BCUT2D eigenvalue weighted by atomic mass is 10.2. The van der Waals surface area contributed by atoms with Crippen LogP contribution in [0.4, 0.5) is 11.4 Å². The minimum absolute atomic E-state index is 0.146. The molecule has 1 aromatic carbocycles. The fraction of sp³-hybridized carbons (Fsp3) is 0.214. The van der Waals surface area contributed by atoms with Crippen LogP contribution in [0, 0.1) is 17.0 Å². The van der Waals surface area contributed by atoms with Crippen LogP contribution in [0.1, 0.15) is 16.1 Å². The molecule has 0 spiro atoms. The molecule has 0 aliphatic carbocycles. The lowest BCUT2D eigenvalue weighted by molar-refractivity contribution is -0.384. The number of carbonyl (C=O) groups excluding carboxylic acids is 1. The Morgan fingerprint density at radius 2 is 2.09 bits per heavy atom. The van der Waals surface area contributed by atoms with Crippen molar-refractivity contribution >= 4 is 28.9 Å². The number of hydrogen-bond donors (Lipinski definition) is 1. The molecule has 0 saturated heterocycles. The van der Waals surface area contributed by atoms with E-state index in [1.54, 1.807) is 26.1 Å². The van der Waals surface area contributed by atoms with Crippen LogP contribution in [0.5, 0.6) is 5.75 Å². The summed E-state index contributed by atoms with van der Waals surface area (Å²) < 4.78 is 6.57. The van der Waals surface area contributed by atoms with E-state index in [1.807, 2.05) is 0 Å². The van der Waals surface area contributed by atoms with E-state index in [9.17, 15) is 14.9 Å². The third kappa shape index (κ3) is 3.04. The average Bonchev–Trinajstić information content (AvgIpc) is 2.85. The highest BCUT2D eigenvalue weighted by atomic mass is 35.5. The number of aryl methyl sites for hydroxylation is 2. The number of ether oxygens (including phenoxy) is 1. The second-order valence-electron chi connectivity index (χ2n) is 4.71. The second-order valence-corrected chi connectivity index (χ2v) is 5.11. The third-order valence-electron chi connectivity index (χ3n) is 3.16. The number of nitrogens with zero attached hydrogens (tertiary/aromatic N) is 2. The van der Waals surface area contributed by atoms with Crippen molar-refractivity contribution in [1.82, 2.24) is 4.57 Å². The Bertz CT molecular complexity index is 755. The molecular formula is C14H14ClN3O4. The zero-order valence-corrected chi connectivity index (χ0v) is 13.0. The normalized spacial score (nSPS) is 10.4. The van der Waals surface area contributed by atoms with Crippen LogP contribution in [0.2, 0.25) is 5.02 Å². The maximum atomic E-state index is 12.3. The number of anilines is 1.